The average molecular weight is 369 g/mol. The monoisotopic (exact) mass is 369 g/mol. The number of hydrogen-bond donors (Lipinski definition) is 1. The molecular formula is C24H19NO3. The lowest BCUT2D eigenvalue weighted by molar-refractivity contribution is -0.138. The van der Waals surface area contributed by atoms with Crippen molar-refractivity contribution >= 4 is 16.9 Å². The van der Waals surface area contributed by atoms with Crippen LogP contribution in [0.2, 0.25) is 0 Å². The molecule has 28 heavy (non-hydrogen) atoms. The van der Waals surface area contributed by atoms with Crippen molar-refractivity contribution in [3.05, 3.63) is 101 Å². The van der Waals surface area contributed by atoms with Crippen molar-refractivity contribution in [3.8, 4) is 11.3 Å². The normalized spacial score (nSPS) is 12.8. The molecule has 0 unspecified atom stereocenters. The molecule has 0 saturated heterocycles. The van der Waals surface area contributed by atoms with Gasteiger partial charge in [0.05, 0.1) is 5.36 Å². The van der Waals surface area contributed by atoms with Crippen LogP contribution in [-0.4, -0.2) is 11.1 Å². The molecule has 4 aromatic rings. The first-order valence-electron chi connectivity index (χ1n) is 9.03. The third kappa shape index (κ3) is 3.58. The molecule has 4 heteroatoms. The summed E-state index contributed by atoms with van der Waals surface area (Å²) >= 11 is 0. The Balaban J connectivity index is 1.99. The minimum Gasteiger partial charge on any atom is -0.479 e. The Labute approximate surface area is 162 Å². The number of fused-ring (bicyclic) bond motifs is 1. The highest BCUT2D eigenvalue weighted by Gasteiger charge is 2.18. The molecule has 0 radical (unpaired) electrons. The first-order valence-corrected chi connectivity index (χ1v) is 9.03. The number of rotatable bonds is 4. The molecule has 0 aliphatic carbocycles. The highest BCUT2D eigenvalue weighted by atomic mass is 16.4. The van der Waals surface area contributed by atoms with Crippen LogP contribution in [-0.2, 0) is 4.79 Å². The van der Waals surface area contributed by atoms with Gasteiger partial charge >= 0.3 is 5.97 Å². The second kappa shape index (κ2) is 7.53. The number of carbonyl (C=O) groups is 1. The Morgan fingerprint density at radius 2 is 1.61 bits per heavy atom. The van der Waals surface area contributed by atoms with Crippen molar-refractivity contribution in [1.82, 2.24) is 0 Å². The van der Waals surface area contributed by atoms with E-state index in [2.05, 4.69) is 4.99 Å². The lowest BCUT2D eigenvalue weighted by Gasteiger charge is -2.10. The summed E-state index contributed by atoms with van der Waals surface area (Å²) in [6.07, 6.45) is 0. The van der Waals surface area contributed by atoms with Crippen LogP contribution in [0.1, 0.15) is 17.2 Å². The third-order valence-corrected chi connectivity index (χ3v) is 4.57. The summed E-state index contributed by atoms with van der Waals surface area (Å²) < 4.78 is 6.08. The smallest absolute Gasteiger partial charge is 0.333 e. The first kappa shape index (κ1) is 17.7. The van der Waals surface area contributed by atoms with Crippen molar-refractivity contribution in [2.24, 2.45) is 4.99 Å². The maximum absolute atomic E-state index is 11.9. The molecule has 0 aliphatic rings. The Kier molecular flexibility index (Phi) is 4.77. The molecular weight excluding hydrogens is 350 g/mol. The van der Waals surface area contributed by atoms with Gasteiger partial charge in [-0.05, 0) is 24.6 Å². The van der Waals surface area contributed by atoms with Crippen LogP contribution < -0.4 is 5.36 Å². The van der Waals surface area contributed by atoms with E-state index in [4.69, 9.17) is 4.42 Å². The summed E-state index contributed by atoms with van der Waals surface area (Å²) in [4.78, 5) is 16.6. The summed E-state index contributed by atoms with van der Waals surface area (Å²) in [5.41, 5.74) is 3.27. The predicted molar refractivity (Wildman–Crippen MR) is 109 cm³/mol. The molecule has 0 fully saturated rings. The molecule has 4 nitrogen and oxygen atoms in total. The second-order valence-corrected chi connectivity index (χ2v) is 6.64. The molecule has 0 spiro atoms. The van der Waals surface area contributed by atoms with Gasteiger partial charge in [-0.25, -0.2) is 4.79 Å². The van der Waals surface area contributed by atoms with E-state index in [1.165, 1.54) is 0 Å². The van der Waals surface area contributed by atoms with Crippen molar-refractivity contribution < 1.29 is 14.3 Å². The van der Waals surface area contributed by atoms with Gasteiger partial charge in [0.1, 0.15) is 11.3 Å². The topological polar surface area (TPSA) is 62.8 Å². The van der Waals surface area contributed by atoms with Gasteiger partial charge in [0.25, 0.3) is 0 Å². The number of hydrogen-bond acceptors (Lipinski definition) is 3. The van der Waals surface area contributed by atoms with Crippen LogP contribution in [0, 0.1) is 6.92 Å². The number of benzene rings is 3. The van der Waals surface area contributed by atoms with Gasteiger partial charge in [0.15, 0.2) is 6.04 Å². The summed E-state index contributed by atoms with van der Waals surface area (Å²) in [5.74, 6) is -0.345. The zero-order valence-corrected chi connectivity index (χ0v) is 15.4. The number of nitrogens with zero attached hydrogens (tertiary/aromatic N) is 1. The number of aryl methyl sites for hydroxylation is 1. The van der Waals surface area contributed by atoms with Crippen molar-refractivity contribution in [3.63, 3.8) is 0 Å². The van der Waals surface area contributed by atoms with Gasteiger partial charge in [-0.15, -0.1) is 0 Å². The fourth-order valence-electron chi connectivity index (χ4n) is 3.18. The lowest BCUT2D eigenvalue weighted by Crippen LogP contribution is -2.15. The highest BCUT2D eigenvalue weighted by Crippen LogP contribution is 2.24. The molecule has 1 aromatic heterocycles. The van der Waals surface area contributed by atoms with Crippen LogP contribution in [0.25, 0.3) is 22.3 Å². The molecule has 4 rings (SSSR count). The third-order valence-electron chi connectivity index (χ3n) is 4.57. The number of carboxylic acids is 1. The molecule has 1 heterocycles. The van der Waals surface area contributed by atoms with Gasteiger partial charge in [-0.2, -0.15) is 0 Å². The maximum atomic E-state index is 11.9. The summed E-state index contributed by atoms with van der Waals surface area (Å²) in [5, 5.41) is 11.2. The summed E-state index contributed by atoms with van der Waals surface area (Å²) in [7, 11) is 0. The molecule has 0 saturated carbocycles. The van der Waals surface area contributed by atoms with Crippen LogP contribution in [0.15, 0.2) is 94.3 Å². The van der Waals surface area contributed by atoms with E-state index in [9.17, 15) is 9.90 Å². The molecule has 138 valence electrons. The molecule has 1 N–H and O–H groups in total. The second-order valence-electron chi connectivity index (χ2n) is 6.64. The van der Waals surface area contributed by atoms with Gasteiger partial charge in [-0.1, -0.05) is 72.3 Å². The van der Waals surface area contributed by atoms with Crippen molar-refractivity contribution in [1.29, 1.82) is 0 Å². The lowest BCUT2D eigenvalue weighted by atomic mass is 10.1. The Hall–Kier alpha value is -3.66. The molecule has 1 atom stereocenters. The summed E-state index contributed by atoms with van der Waals surface area (Å²) in [6.45, 7) is 1.99. The van der Waals surface area contributed by atoms with Crippen LogP contribution in [0.3, 0.4) is 0 Å². The van der Waals surface area contributed by atoms with E-state index < -0.39 is 12.0 Å². The van der Waals surface area contributed by atoms with E-state index in [1.54, 1.807) is 12.1 Å². The quantitative estimate of drug-likeness (QED) is 0.542. The van der Waals surface area contributed by atoms with Crippen LogP contribution in [0.5, 0.6) is 0 Å². The van der Waals surface area contributed by atoms with E-state index in [-0.39, 0.29) is 0 Å². The van der Waals surface area contributed by atoms with Gasteiger partial charge in [-0.3, -0.25) is 4.99 Å². The molecule has 0 bridgehead atoms. The van der Waals surface area contributed by atoms with E-state index in [0.29, 0.717) is 22.3 Å². The Bertz CT molecular complexity index is 1190. The van der Waals surface area contributed by atoms with E-state index >= 15 is 0 Å². The average Bonchev–Trinajstić information content (AvgIpc) is 2.73. The minimum atomic E-state index is -0.992. The van der Waals surface area contributed by atoms with Gasteiger partial charge < -0.3 is 9.52 Å². The molecule has 0 amide bonds. The largest absolute Gasteiger partial charge is 0.479 e. The van der Waals surface area contributed by atoms with Gasteiger partial charge in [0.2, 0.25) is 0 Å². The number of aliphatic carboxylic acids is 1. The fraction of sp³-hybridized carbons (Fsp3) is 0.0833. The van der Waals surface area contributed by atoms with E-state index in [1.807, 2.05) is 79.7 Å². The highest BCUT2D eigenvalue weighted by molar-refractivity contribution is 5.80. The zero-order valence-electron chi connectivity index (χ0n) is 15.4. The molecule has 3 aromatic carbocycles. The minimum absolute atomic E-state index is 0.597. The van der Waals surface area contributed by atoms with Crippen molar-refractivity contribution in [2.45, 2.75) is 13.0 Å². The summed E-state index contributed by atoms with van der Waals surface area (Å²) in [6, 6.07) is 25.4. The zero-order chi connectivity index (χ0) is 19.5. The predicted octanol–water partition coefficient (Wildman–Crippen LogP) is 5.13. The standard InChI is InChI=1S/C24H19NO3/c1-16-12-13-21-19(14-16)20(15-22(28-21)17-8-4-2-5-9-17)25-23(24(26)27)18-10-6-3-7-11-18/h2-15,23H,1H3,(H,26,27)/t23-/m0/s1. The Morgan fingerprint density at radius 3 is 2.29 bits per heavy atom. The van der Waals surface area contributed by atoms with Crippen molar-refractivity contribution in [2.75, 3.05) is 0 Å². The first-order chi connectivity index (χ1) is 13.6. The van der Waals surface area contributed by atoms with E-state index in [0.717, 1.165) is 16.5 Å². The maximum Gasteiger partial charge on any atom is 0.333 e. The Morgan fingerprint density at radius 1 is 0.929 bits per heavy atom. The molecule has 0 aliphatic heterocycles. The van der Waals surface area contributed by atoms with Crippen LogP contribution >= 0.6 is 0 Å². The SMILES string of the molecule is Cc1ccc2oc(-c3ccccc3)cc(=N[C@H](C(=O)O)c3ccccc3)c2c1. The van der Waals surface area contributed by atoms with Crippen LogP contribution in [0.4, 0.5) is 0 Å². The number of carboxylic acid groups (broad SMARTS) is 1. The van der Waals surface area contributed by atoms with Gasteiger partial charge in [0, 0.05) is 17.0 Å². The fourth-order valence-corrected chi connectivity index (χ4v) is 3.18.